The molecular formula is C7H13NO2. The average molecular weight is 143 g/mol. The number of likely N-dealkylation sites (tertiary alicyclic amines) is 1. The van der Waals surface area contributed by atoms with E-state index in [0.717, 1.165) is 19.5 Å². The molecule has 1 unspecified atom stereocenters. The van der Waals surface area contributed by atoms with E-state index in [0.29, 0.717) is 0 Å². The molecule has 0 aromatic carbocycles. The predicted molar refractivity (Wildman–Crippen MR) is 37.7 cm³/mol. The van der Waals surface area contributed by atoms with Gasteiger partial charge in [-0.05, 0) is 13.0 Å². The summed E-state index contributed by atoms with van der Waals surface area (Å²) in [6.45, 7) is 4.03. The largest absolute Gasteiger partial charge is 0.468 e. The van der Waals surface area contributed by atoms with Crippen LogP contribution in [0.25, 0.3) is 0 Å². The molecule has 1 saturated heterocycles. The molecule has 0 aliphatic carbocycles. The standard InChI is InChI=1S/C7H13NO2/c1-3-8-5-4-6(8)7(9)10-2/h6H,3-5H2,1-2H3. The highest BCUT2D eigenvalue weighted by Gasteiger charge is 2.33. The number of likely N-dealkylation sites (N-methyl/N-ethyl adjacent to an activating group) is 1. The minimum atomic E-state index is -0.0897. The number of methoxy groups -OCH3 is 1. The van der Waals surface area contributed by atoms with Gasteiger partial charge in [0.05, 0.1) is 7.11 Å². The first kappa shape index (κ1) is 7.54. The second-order valence-corrected chi connectivity index (χ2v) is 2.46. The predicted octanol–water partition coefficient (Wildman–Crippen LogP) is 0.254. The number of ether oxygens (including phenoxy) is 1. The molecule has 1 fully saturated rings. The Labute approximate surface area is 61.0 Å². The van der Waals surface area contributed by atoms with Crippen LogP contribution in [0.3, 0.4) is 0 Å². The van der Waals surface area contributed by atoms with Gasteiger partial charge in [-0.15, -0.1) is 0 Å². The third-order valence-corrected chi connectivity index (χ3v) is 2.01. The van der Waals surface area contributed by atoms with Crippen molar-refractivity contribution >= 4 is 5.97 Å². The van der Waals surface area contributed by atoms with Gasteiger partial charge in [-0.3, -0.25) is 9.69 Å². The van der Waals surface area contributed by atoms with Crippen LogP contribution >= 0.6 is 0 Å². The number of hydrogen-bond donors (Lipinski definition) is 0. The summed E-state index contributed by atoms with van der Waals surface area (Å²) in [5.41, 5.74) is 0. The Hall–Kier alpha value is -0.570. The molecule has 0 saturated carbocycles. The molecule has 0 aromatic heterocycles. The van der Waals surface area contributed by atoms with E-state index in [1.54, 1.807) is 0 Å². The number of nitrogens with zero attached hydrogens (tertiary/aromatic N) is 1. The van der Waals surface area contributed by atoms with Crippen LogP contribution in [0.2, 0.25) is 0 Å². The van der Waals surface area contributed by atoms with Gasteiger partial charge in [0.25, 0.3) is 0 Å². The first-order valence-corrected chi connectivity index (χ1v) is 3.61. The van der Waals surface area contributed by atoms with Gasteiger partial charge in [0.1, 0.15) is 6.04 Å². The molecule has 0 radical (unpaired) electrons. The van der Waals surface area contributed by atoms with Crippen molar-refractivity contribution in [2.24, 2.45) is 0 Å². The highest BCUT2D eigenvalue weighted by Crippen LogP contribution is 2.16. The number of rotatable bonds is 2. The third-order valence-electron chi connectivity index (χ3n) is 2.01. The molecule has 58 valence electrons. The number of carbonyl (C=O) groups is 1. The smallest absolute Gasteiger partial charge is 0.323 e. The quantitative estimate of drug-likeness (QED) is 0.519. The van der Waals surface area contributed by atoms with Crippen LogP contribution in [0.15, 0.2) is 0 Å². The maximum absolute atomic E-state index is 10.9. The molecular weight excluding hydrogens is 130 g/mol. The number of esters is 1. The van der Waals surface area contributed by atoms with Crippen molar-refractivity contribution in [1.82, 2.24) is 4.90 Å². The second kappa shape index (κ2) is 3.01. The van der Waals surface area contributed by atoms with E-state index in [-0.39, 0.29) is 12.0 Å². The minimum absolute atomic E-state index is 0.0509. The molecule has 0 aromatic rings. The Morgan fingerprint density at radius 1 is 1.80 bits per heavy atom. The normalized spacial score (nSPS) is 25.6. The molecule has 1 rings (SSSR count). The van der Waals surface area contributed by atoms with Crippen molar-refractivity contribution in [3.05, 3.63) is 0 Å². The first-order chi connectivity index (χ1) is 4.79. The van der Waals surface area contributed by atoms with Crippen molar-refractivity contribution in [2.75, 3.05) is 20.2 Å². The second-order valence-electron chi connectivity index (χ2n) is 2.46. The summed E-state index contributed by atoms with van der Waals surface area (Å²) in [5, 5.41) is 0. The monoisotopic (exact) mass is 143 g/mol. The summed E-state index contributed by atoms with van der Waals surface area (Å²) in [6.07, 6.45) is 0.959. The molecule has 1 atom stereocenters. The highest BCUT2D eigenvalue weighted by molar-refractivity contribution is 5.76. The highest BCUT2D eigenvalue weighted by atomic mass is 16.5. The number of hydrogen-bond acceptors (Lipinski definition) is 3. The lowest BCUT2D eigenvalue weighted by molar-refractivity contribution is -0.151. The summed E-state index contributed by atoms with van der Waals surface area (Å²) < 4.78 is 4.61. The van der Waals surface area contributed by atoms with Crippen LogP contribution in [-0.4, -0.2) is 37.1 Å². The van der Waals surface area contributed by atoms with Crippen molar-refractivity contribution in [1.29, 1.82) is 0 Å². The van der Waals surface area contributed by atoms with E-state index in [1.165, 1.54) is 7.11 Å². The Bertz CT molecular complexity index is 134. The van der Waals surface area contributed by atoms with Crippen LogP contribution in [0, 0.1) is 0 Å². The van der Waals surface area contributed by atoms with Gasteiger partial charge in [-0.25, -0.2) is 0 Å². The minimum Gasteiger partial charge on any atom is -0.468 e. The van der Waals surface area contributed by atoms with Gasteiger partial charge >= 0.3 is 5.97 Å². The van der Waals surface area contributed by atoms with Gasteiger partial charge in [0, 0.05) is 6.54 Å². The molecule has 0 amide bonds. The van der Waals surface area contributed by atoms with Crippen LogP contribution in [0.5, 0.6) is 0 Å². The Morgan fingerprint density at radius 3 is 2.80 bits per heavy atom. The summed E-state index contributed by atoms with van der Waals surface area (Å²) in [6, 6.07) is 0.0509. The fraction of sp³-hybridized carbons (Fsp3) is 0.857. The molecule has 0 bridgehead atoms. The summed E-state index contributed by atoms with van der Waals surface area (Å²) in [4.78, 5) is 13.0. The van der Waals surface area contributed by atoms with E-state index >= 15 is 0 Å². The van der Waals surface area contributed by atoms with Crippen molar-refractivity contribution in [2.45, 2.75) is 19.4 Å². The Morgan fingerprint density at radius 2 is 2.50 bits per heavy atom. The van der Waals surface area contributed by atoms with E-state index in [9.17, 15) is 4.79 Å². The average Bonchev–Trinajstić information content (AvgIpc) is 1.86. The van der Waals surface area contributed by atoms with Gasteiger partial charge in [0.2, 0.25) is 0 Å². The fourth-order valence-corrected chi connectivity index (χ4v) is 1.22. The lowest BCUT2D eigenvalue weighted by atomic mass is 10.0. The fourth-order valence-electron chi connectivity index (χ4n) is 1.22. The van der Waals surface area contributed by atoms with Crippen LogP contribution < -0.4 is 0 Å². The third kappa shape index (κ3) is 1.14. The zero-order valence-electron chi connectivity index (χ0n) is 6.46. The summed E-state index contributed by atoms with van der Waals surface area (Å²) in [7, 11) is 1.44. The van der Waals surface area contributed by atoms with Crippen LogP contribution in [-0.2, 0) is 9.53 Å². The molecule has 3 heteroatoms. The van der Waals surface area contributed by atoms with Crippen molar-refractivity contribution < 1.29 is 9.53 Å². The van der Waals surface area contributed by atoms with Gasteiger partial charge in [-0.2, -0.15) is 0 Å². The summed E-state index contributed by atoms with van der Waals surface area (Å²) >= 11 is 0. The molecule has 1 aliphatic rings. The van der Waals surface area contributed by atoms with Crippen molar-refractivity contribution in [3.8, 4) is 0 Å². The SMILES string of the molecule is CCN1CCC1C(=O)OC. The molecule has 0 N–H and O–H groups in total. The summed E-state index contributed by atoms with van der Waals surface area (Å²) in [5.74, 6) is -0.0897. The van der Waals surface area contributed by atoms with Crippen LogP contribution in [0.4, 0.5) is 0 Å². The molecule has 10 heavy (non-hydrogen) atoms. The van der Waals surface area contributed by atoms with E-state index in [4.69, 9.17) is 0 Å². The molecule has 1 heterocycles. The topological polar surface area (TPSA) is 29.5 Å². The lowest BCUT2D eigenvalue weighted by Crippen LogP contribution is -2.52. The Balaban J connectivity index is 2.35. The zero-order valence-corrected chi connectivity index (χ0v) is 6.46. The first-order valence-electron chi connectivity index (χ1n) is 3.61. The van der Waals surface area contributed by atoms with Crippen molar-refractivity contribution in [3.63, 3.8) is 0 Å². The van der Waals surface area contributed by atoms with E-state index < -0.39 is 0 Å². The molecule has 0 spiro atoms. The maximum atomic E-state index is 10.9. The molecule has 1 aliphatic heterocycles. The Kier molecular flexibility index (Phi) is 2.27. The van der Waals surface area contributed by atoms with Gasteiger partial charge in [-0.1, -0.05) is 6.92 Å². The van der Waals surface area contributed by atoms with Gasteiger partial charge in [0.15, 0.2) is 0 Å². The number of carbonyl (C=O) groups excluding carboxylic acids is 1. The van der Waals surface area contributed by atoms with E-state index in [1.807, 2.05) is 0 Å². The zero-order chi connectivity index (χ0) is 7.56. The van der Waals surface area contributed by atoms with E-state index in [2.05, 4.69) is 16.6 Å². The maximum Gasteiger partial charge on any atom is 0.323 e. The molecule has 3 nitrogen and oxygen atoms in total. The van der Waals surface area contributed by atoms with Gasteiger partial charge < -0.3 is 4.74 Å². The lowest BCUT2D eigenvalue weighted by Gasteiger charge is -2.37. The van der Waals surface area contributed by atoms with Crippen LogP contribution in [0.1, 0.15) is 13.3 Å².